The van der Waals surface area contributed by atoms with Crippen LogP contribution in [0.25, 0.3) is 0 Å². The number of tetrazole rings is 1. The molecule has 1 amide bonds. The largest absolute Gasteiger partial charge is 0.497 e. The number of carbonyl (C=O) groups is 1. The molecule has 140 valence electrons. The maximum Gasteiger partial charge on any atom is 0.242 e. The second-order valence-corrected chi connectivity index (χ2v) is 7.20. The van der Waals surface area contributed by atoms with Gasteiger partial charge in [-0.05, 0) is 54.1 Å². The first-order chi connectivity index (χ1) is 13.1. The van der Waals surface area contributed by atoms with Gasteiger partial charge in [-0.15, -0.1) is 5.10 Å². The molecule has 3 rings (SSSR count). The lowest BCUT2D eigenvalue weighted by molar-refractivity contribution is -0.115. The van der Waals surface area contributed by atoms with Crippen molar-refractivity contribution in [2.24, 2.45) is 0 Å². The molecule has 7 nitrogen and oxygen atoms in total. The number of nitrogens with zero attached hydrogens (tertiary/aromatic N) is 4. The first-order valence-corrected chi connectivity index (χ1v) is 9.41. The summed E-state index contributed by atoms with van der Waals surface area (Å²) in [7, 11) is 1.61. The second kappa shape index (κ2) is 8.68. The van der Waals surface area contributed by atoms with Crippen LogP contribution < -0.4 is 10.1 Å². The predicted octanol–water partition coefficient (Wildman–Crippen LogP) is 3.73. The number of anilines is 1. The molecule has 1 N–H and O–H groups in total. The number of rotatable bonds is 7. The van der Waals surface area contributed by atoms with Crippen molar-refractivity contribution in [2.45, 2.75) is 30.3 Å². The van der Waals surface area contributed by atoms with Crippen LogP contribution in [0.15, 0.2) is 59.8 Å². The molecule has 1 aromatic heterocycles. The Hall–Kier alpha value is -2.87. The van der Waals surface area contributed by atoms with Crippen molar-refractivity contribution >= 4 is 23.4 Å². The molecular formula is C19H21N5O2S. The highest BCUT2D eigenvalue weighted by Gasteiger charge is 2.25. The van der Waals surface area contributed by atoms with E-state index in [2.05, 4.69) is 20.8 Å². The third kappa shape index (κ3) is 4.65. The van der Waals surface area contributed by atoms with Crippen LogP contribution >= 0.6 is 11.8 Å². The van der Waals surface area contributed by atoms with Crippen LogP contribution in [0.4, 0.5) is 5.69 Å². The number of ether oxygens (including phenoxy) is 1. The molecule has 0 saturated carbocycles. The van der Waals surface area contributed by atoms with E-state index in [9.17, 15) is 4.79 Å². The molecule has 0 saturated heterocycles. The molecule has 3 aromatic rings. The number of nitrogens with one attached hydrogen (secondary N) is 1. The van der Waals surface area contributed by atoms with Gasteiger partial charge in [0.05, 0.1) is 13.2 Å². The minimum absolute atomic E-state index is 0.101. The Morgan fingerprint density at radius 1 is 1.11 bits per heavy atom. The van der Waals surface area contributed by atoms with Gasteiger partial charge in [-0.2, -0.15) is 0 Å². The molecule has 2 aromatic carbocycles. The zero-order valence-electron chi connectivity index (χ0n) is 15.4. The van der Waals surface area contributed by atoms with Crippen molar-refractivity contribution in [1.82, 2.24) is 20.2 Å². The number of carbonyl (C=O) groups excluding carboxylic acids is 1. The van der Waals surface area contributed by atoms with E-state index in [1.165, 1.54) is 11.8 Å². The third-order valence-electron chi connectivity index (χ3n) is 3.87. The van der Waals surface area contributed by atoms with E-state index in [1.54, 1.807) is 23.9 Å². The summed E-state index contributed by atoms with van der Waals surface area (Å²) >= 11 is 1.33. The zero-order chi connectivity index (χ0) is 19.2. The van der Waals surface area contributed by atoms with E-state index < -0.39 is 5.25 Å². The highest BCUT2D eigenvalue weighted by Crippen LogP contribution is 2.35. The molecule has 27 heavy (non-hydrogen) atoms. The molecule has 0 unspecified atom stereocenters. The fourth-order valence-electron chi connectivity index (χ4n) is 2.48. The van der Waals surface area contributed by atoms with Gasteiger partial charge in [-0.1, -0.05) is 42.1 Å². The molecule has 0 bridgehead atoms. The Balaban J connectivity index is 1.85. The van der Waals surface area contributed by atoms with Crippen molar-refractivity contribution in [3.8, 4) is 5.75 Å². The molecule has 0 aliphatic heterocycles. The summed E-state index contributed by atoms with van der Waals surface area (Å²) in [6.07, 6.45) is 0. The number of hydrogen-bond donors (Lipinski definition) is 1. The number of aromatic nitrogens is 4. The zero-order valence-corrected chi connectivity index (χ0v) is 16.2. The number of thioether (sulfide) groups is 1. The summed E-state index contributed by atoms with van der Waals surface area (Å²) in [5.74, 6) is 0.591. The van der Waals surface area contributed by atoms with Gasteiger partial charge in [0.2, 0.25) is 11.1 Å². The average molecular weight is 383 g/mol. The van der Waals surface area contributed by atoms with Crippen LogP contribution in [0.3, 0.4) is 0 Å². The molecule has 8 heteroatoms. The Kier molecular flexibility index (Phi) is 6.08. The molecular weight excluding hydrogens is 362 g/mol. The fraction of sp³-hybridized carbons (Fsp3) is 0.263. The summed E-state index contributed by atoms with van der Waals surface area (Å²) in [6.45, 7) is 3.99. The lowest BCUT2D eigenvalue weighted by Crippen LogP contribution is -2.19. The first kappa shape index (κ1) is 18.9. The summed E-state index contributed by atoms with van der Waals surface area (Å²) < 4.78 is 6.86. The average Bonchev–Trinajstić information content (AvgIpc) is 3.16. The van der Waals surface area contributed by atoms with Crippen LogP contribution in [0.5, 0.6) is 5.75 Å². The lowest BCUT2D eigenvalue weighted by atomic mass is 10.1. The standard InChI is InChI=1S/C19H21N5O2S/c1-13(2)24-19(21-22-23-24)27-17(14-7-5-4-6-8-14)18(25)20-15-9-11-16(26-3)12-10-15/h4-13,17H,1-3H3,(H,20,25)/t17-/m1/s1. The quantitative estimate of drug-likeness (QED) is 0.626. The van der Waals surface area contributed by atoms with Gasteiger partial charge in [-0.25, -0.2) is 4.68 Å². The highest BCUT2D eigenvalue weighted by atomic mass is 32.2. The molecule has 1 atom stereocenters. The fourth-order valence-corrected chi connectivity index (χ4v) is 3.58. The lowest BCUT2D eigenvalue weighted by Gasteiger charge is -2.17. The van der Waals surface area contributed by atoms with Crippen molar-refractivity contribution in [1.29, 1.82) is 0 Å². The van der Waals surface area contributed by atoms with Gasteiger partial charge in [0.15, 0.2) is 0 Å². The molecule has 0 aliphatic carbocycles. The molecule has 0 aliphatic rings. The third-order valence-corrected chi connectivity index (χ3v) is 5.07. The molecule has 0 fully saturated rings. The maximum absolute atomic E-state index is 13.0. The smallest absolute Gasteiger partial charge is 0.242 e. The Labute approximate surface area is 162 Å². The van der Waals surface area contributed by atoms with Crippen LogP contribution in [0.2, 0.25) is 0 Å². The first-order valence-electron chi connectivity index (χ1n) is 8.53. The summed E-state index contributed by atoms with van der Waals surface area (Å²) in [6, 6.07) is 16.9. The number of benzene rings is 2. The minimum atomic E-state index is -0.489. The van der Waals surface area contributed by atoms with Crippen LogP contribution in [-0.2, 0) is 4.79 Å². The summed E-state index contributed by atoms with van der Waals surface area (Å²) in [5.41, 5.74) is 1.58. The Morgan fingerprint density at radius 2 is 1.81 bits per heavy atom. The predicted molar refractivity (Wildman–Crippen MR) is 105 cm³/mol. The van der Waals surface area contributed by atoms with Crippen molar-refractivity contribution in [2.75, 3.05) is 12.4 Å². The second-order valence-electron chi connectivity index (χ2n) is 6.13. The topological polar surface area (TPSA) is 81.9 Å². The van der Waals surface area contributed by atoms with Crippen LogP contribution in [-0.4, -0.2) is 33.2 Å². The summed E-state index contributed by atoms with van der Waals surface area (Å²) in [5, 5.41) is 14.9. The normalized spacial score (nSPS) is 12.0. The van der Waals surface area contributed by atoms with Gasteiger partial charge in [0.25, 0.3) is 0 Å². The maximum atomic E-state index is 13.0. The van der Waals surface area contributed by atoms with E-state index in [0.29, 0.717) is 10.8 Å². The number of hydrogen-bond acceptors (Lipinski definition) is 6. The van der Waals surface area contributed by atoms with E-state index in [4.69, 9.17) is 4.74 Å². The van der Waals surface area contributed by atoms with Gasteiger partial charge >= 0.3 is 0 Å². The van der Waals surface area contributed by atoms with Crippen molar-refractivity contribution < 1.29 is 9.53 Å². The van der Waals surface area contributed by atoms with E-state index in [-0.39, 0.29) is 11.9 Å². The Morgan fingerprint density at radius 3 is 2.44 bits per heavy atom. The monoisotopic (exact) mass is 383 g/mol. The summed E-state index contributed by atoms with van der Waals surface area (Å²) in [4.78, 5) is 13.0. The Bertz CT molecular complexity index is 881. The van der Waals surface area contributed by atoms with Crippen LogP contribution in [0, 0.1) is 0 Å². The van der Waals surface area contributed by atoms with Gasteiger partial charge in [0.1, 0.15) is 11.0 Å². The van der Waals surface area contributed by atoms with Gasteiger partial charge < -0.3 is 10.1 Å². The van der Waals surface area contributed by atoms with E-state index in [0.717, 1.165) is 11.3 Å². The minimum Gasteiger partial charge on any atom is -0.497 e. The molecule has 1 heterocycles. The van der Waals surface area contributed by atoms with E-state index in [1.807, 2.05) is 56.3 Å². The van der Waals surface area contributed by atoms with Crippen molar-refractivity contribution in [3.05, 3.63) is 60.2 Å². The van der Waals surface area contributed by atoms with Crippen molar-refractivity contribution in [3.63, 3.8) is 0 Å². The molecule has 0 radical (unpaired) electrons. The van der Waals surface area contributed by atoms with Gasteiger partial charge in [0, 0.05) is 5.69 Å². The van der Waals surface area contributed by atoms with Gasteiger partial charge in [-0.3, -0.25) is 4.79 Å². The van der Waals surface area contributed by atoms with Crippen LogP contribution in [0.1, 0.15) is 30.7 Å². The number of methoxy groups -OCH3 is 1. The highest BCUT2D eigenvalue weighted by molar-refractivity contribution is 8.00. The SMILES string of the molecule is COc1ccc(NC(=O)[C@H](Sc2nnnn2C(C)C)c2ccccc2)cc1. The van der Waals surface area contributed by atoms with E-state index >= 15 is 0 Å². The molecule has 0 spiro atoms. The number of amides is 1.